The molecule has 0 aromatic heterocycles. The van der Waals surface area contributed by atoms with E-state index in [0.717, 1.165) is 5.56 Å². The number of rotatable bonds is 6. The number of carbonyl (C=O) groups is 1. The third-order valence-electron chi connectivity index (χ3n) is 3.69. The number of nitro benzene ring substituents is 1. The van der Waals surface area contributed by atoms with E-state index in [1.165, 1.54) is 24.3 Å². The maximum atomic E-state index is 11.9. The molecule has 2 aromatic carbocycles. The third kappa shape index (κ3) is 4.14. The highest BCUT2D eigenvalue weighted by Crippen LogP contribution is 2.38. The zero-order valence-electron chi connectivity index (χ0n) is 13.3. The number of nitro groups is 1. The van der Waals surface area contributed by atoms with Gasteiger partial charge in [0.2, 0.25) is 12.7 Å². The van der Waals surface area contributed by atoms with Crippen molar-refractivity contribution < 1.29 is 19.2 Å². The molecule has 1 aliphatic rings. The quantitative estimate of drug-likeness (QED) is 0.496. The van der Waals surface area contributed by atoms with E-state index in [9.17, 15) is 14.9 Å². The first kappa shape index (κ1) is 16.5. The zero-order valence-corrected chi connectivity index (χ0v) is 13.3. The van der Waals surface area contributed by atoms with Crippen molar-refractivity contribution in [1.82, 2.24) is 5.32 Å². The predicted octanol–water partition coefficient (Wildman–Crippen LogP) is 2.70. The highest BCUT2D eigenvalue weighted by Gasteiger charge is 2.22. The Morgan fingerprint density at radius 1 is 1.20 bits per heavy atom. The van der Waals surface area contributed by atoms with Gasteiger partial charge in [0.15, 0.2) is 11.5 Å². The SMILES string of the molecule is O=C(C=Cc1cc2c(cc1[N+](=O)[O-])OCO2)NCCc1ccccc1. The van der Waals surface area contributed by atoms with Gasteiger partial charge >= 0.3 is 0 Å². The Labute approximate surface area is 144 Å². The number of nitrogens with zero attached hydrogens (tertiary/aromatic N) is 1. The fourth-order valence-corrected chi connectivity index (χ4v) is 2.44. The van der Waals surface area contributed by atoms with Crippen molar-refractivity contribution in [1.29, 1.82) is 0 Å². The van der Waals surface area contributed by atoms with Gasteiger partial charge in [0, 0.05) is 12.6 Å². The van der Waals surface area contributed by atoms with Crippen LogP contribution in [0.2, 0.25) is 0 Å². The van der Waals surface area contributed by atoms with Crippen LogP contribution in [0.4, 0.5) is 5.69 Å². The van der Waals surface area contributed by atoms with Crippen LogP contribution in [0.3, 0.4) is 0 Å². The lowest BCUT2D eigenvalue weighted by Gasteiger charge is -2.03. The van der Waals surface area contributed by atoms with Gasteiger partial charge in [-0.3, -0.25) is 14.9 Å². The van der Waals surface area contributed by atoms with Gasteiger partial charge < -0.3 is 14.8 Å². The molecule has 7 nitrogen and oxygen atoms in total. The highest BCUT2D eigenvalue weighted by molar-refractivity contribution is 5.92. The van der Waals surface area contributed by atoms with E-state index in [4.69, 9.17) is 9.47 Å². The second kappa shape index (κ2) is 7.48. The van der Waals surface area contributed by atoms with Gasteiger partial charge in [-0.1, -0.05) is 30.3 Å². The molecule has 7 heteroatoms. The minimum absolute atomic E-state index is 0.0274. The fraction of sp³-hybridized carbons (Fsp3) is 0.167. The van der Waals surface area contributed by atoms with Crippen molar-refractivity contribution >= 4 is 17.7 Å². The molecule has 0 saturated heterocycles. The van der Waals surface area contributed by atoms with Crippen LogP contribution < -0.4 is 14.8 Å². The van der Waals surface area contributed by atoms with Crippen molar-refractivity contribution in [2.75, 3.05) is 13.3 Å². The van der Waals surface area contributed by atoms with Gasteiger partial charge in [0.1, 0.15) is 0 Å². The van der Waals surface area contributed by atoms with Crippen LogP contribution in [-0.2, 0) is 11.2 Å². The molecule has 25 heavy (non-hydrogen) atoms. The van der Waals surface area contributed by atoms with Gasteiger partial charge in [0.25, 0.3) is 5.69 Å². The van der Waals surface area contributed by atoms with Gasteiger partial charge in [-0.15, -0.1) is 0 Å². The summed E-state index contributed by atoms with van der Waals surface area (Å²) in [6.45, 7) is 0.510. The molecule has 0 radical (unpaired) electrons. The normalized spacial score (nSPS) is 12.3. The summed E-state index contributed by atoms with van der Waals surface area (Å²) < 4.78 is 10.4. The highest BCUT2D eigenvalue weighted by atomic mass is 16.7. The second-order valence-electron chi connectivity index (χ2n) is 5.38. The molecule has 0 aliphatic carbocycles. The van der Waals surface area contributed by atoms with Crippen LogP contribution in [0.1, 0.15) is 11.1 Å². The van der Waals surface area contributed by atoms with E-state index < -0.39 is 4.92 Å². The lowest BCUT2D eigenvalue weighted by molar-refractivity contribution is -0.385. The number of hydrogen-bond donors (Lipinski definition) is 1. The lowest BCUT2D eigenvalue weighted by Crippen LogP contribution is -2.23. The first-order chi connectivity index (χ1) is 12.1. The van der Waals surface area contributed by atoms with Crippen LogP contribution >= 0.6 is 0 Å². The summed E-state index contributed by atoms with van der Waals surface area (Å²) >= 11 is 0. The number of fused-ring (bicyclic) bond motifs is 1. The van der Waals surface area contributed by atoms with Gasteiger partial charge in [-0.25, -0.2) is 0 Å². The molecule has 2 aromatic rings. The largest absolute Gasteiger partial charge is 0.454 e. The fourth-order valence-electron chi connectivity index (χ4n) is 2.44. The summed E-state index contributed by atoms with van der Waals surface area (Å²) in [6, 6.07) is 12.6. The predicted molar refractivity (Wildman–Crippen MR) is 91.4 cm³/mol. The molecule has 1 N–H and O–H groups in total. The van der Waals surface area contributed by atoms with Crippen molar-refractivity contribution in [3.8, 4) is 11.5 Å². The Bertz CT molecular complexity index is 818. The number of hydrogen-bond acceptors (Lipinski definition) is 5. The maximum absolute atomic E-state index is 11.9. The Kier molecular flexibility index (Phi) is 4.94. The summed E-state index contributed by atoms with van der Waals surface area (Å²) in [4.78, 5) is 22.5. The smallest absolute Gasteiger partial charge is 0.280 e. The van der Waals surface area contributed by atoms with E-state index in [0.29, 0.717) is 24.5 Å². The summed E-state index contributed by atoms with van der Waals surface area (Å²) in [5.41, 5.74) is 1.27. The average Bonchev–Trinajstić information content (AvgIpc) is 3.07. The van der Waals surface area contributed by atoms with Gasteiger partial charge in [-0.2, -0.15) is 0 Å². The number of nitrogens with one attached hydrogen (secondary N) is 1. The molecule has 1 aliphatic heterocycles. The summed E-state index contributed by atoms with van der Waals surface area (Å²) in [5, 5.41) is 13.9. The molecule has 1 heterocycles. The molecule has 1 amide bonds. The molecule has 0 fully saturated rings. The van der Waals surface area contributed by atoms with Crippen molar-refractivity contribution in [3.63, 3.8) is 0 Å². The molecular weight excluding hydrogens is 324 g/mol. The molecule has 0 spiro atoms. The van der Waals surface area contributed by atoms with Crippen LogP contribution in [0.25, 0.3) is 6.08 Å². The van der Waals surface area contributed by atoms with Gasteiger partial charge in [0.05, 0.1) is 16.6 Å². The molecule has 0 unspecified atom stereocenters. The summed E-state index contributed by atoms with van der Waals surface area (Å²) in [7, 11) is 0. The Hall–Kier alpha value is -3.35. The van der Waals surface area contributed by atoms with E-state index in [1.807, 2.05) is 30.3 Å². The molecule has 3 rings (SSSR count). The topological polar surface area (TPSA) is 90.7 Å². The van der Waals surface area contributed by atoms with Crippen molar-refractivity contribution in [2.45, 2.75) is 6.42 Å². The minimum Gasteiger partial charge on any atom is -0.454 e. The van der Waals surface area contributed by atoms with Crippen LogP contribution in [-0.4, -0.2) is 24.2 Å². The minimum atomic E-state index is -0.519. The molecule has 0 saturated carbocycles. The monoisotopic (exact) mass is 340 g/mol. The summed E-state index contributed by atoms with van der Waals surface area (Å²) in [6.07, 6.45) is 3.39. The van der Waals surface area contributed by atoms with Crippen molar-refractivity contribution in [3.05, 3.63) is 69.8 Å². The first-order valence-electron chi connectivity index (χ1n) is 7.71. The maximum Gasteiger partial charge on any atom is 0.280 e. The van der Waals surface area contributed by atoms with E-state index >= 15 is 0 Å². The van der Waals surface area contributed by atoms with E-state index in [-0.39, 0.29) is 24.0 Å². The number of carbonyl (C=O) groups excluding carboxylic acids is 1. The Balaban J connectivity index is 1.63. The number of benzene rings is 2. The molecular formula is C18H16N2O5. The molecule has 128 valence electrons. The standard InChI is InChI=1S/C18H16N2O5/c21-18(19-9-8-13-4-2-1-3-5-13)7-6-14-10-16-17(25-12-24-16)11-15(14)20(22)23/h1-7,10-11H,8-9,12H2,(H,19,21). The molecule has 0 atom stereocenters. The van der Waals surface area contributed by atoms with Crippen molar-refractivity contribution in [2.24, 2.45) is 0 Å². The van der Waals surface area contributed by atoms with Crippen LogP contribution in [0.5, 0.6) is 11.5 Å². The van der Waals surface area contributed by atoms with E-state index in [1.54, 1.807) is 0 Å². The molecule has 0 bridgehead atoms. The van der Waals surface area contributed by atoms with E-state index in [2.05, 4.69) is 5.32 Å². The second-order valence-corrected chi connectivity index (χ2v) is 5.38. The summed E-state index contributed by atoms with van der Waals surface area (Å²) in [5.74, 6) is 0.439. The zero-order chi connectivity index (χ0) is 17.6. The van der Waals surface area contributed by atoms with Gasteiger partial charge in [-0.05, 0) is 24.1 Å². The Morgan fingerprint density at radius 2 is 1.92 bits per heavy atom. The van der Waals surface area contributed by atoms with Crippen LogP contribution in [0.15, 0.2) is 48.5 Å². The third-order valence-corrected chi connectivity index (χ3v) is 3.69. The lowest BCUT2D eigenvalue weighted by atomic mass is 10.1. The first-order valence-corrected chi connectivity index (χ1v) is 7.71. The van der Waals surface area contributed by atoms with Crippen LogP contribution in [0, 0.1) is 10.1 Å². The number of ether oxygens (including phenoxy) is 2. The Morgan fingerprint density at radius 3 is 2.64 bits per heavy atom. The average molecular weight is 340 g/mol. The number of amides is 1.